The smallest absolute Gasteiger partial charge is 0.141 e. The van der Waals surface area contributed by atoms with Crippen molar-refractivity contribution < 1.29 is 19.8 Å². The summed E-state index contributed by atoms with van der Waals surface area (Å²) in [7, 11) is 5.79. The summed E-state index contributed by atoms with van der Waals surface area (Å²) in [5, 5.41) is 29.9. The van der Waals surface area contributed by atoms with E-state index in [-0.39, 0.29) is 12.6 Å². The molecule has 3 N–H and O–H groups in total. The van der Waals surface area contributed by atoms with Crippen molar-refractivity contribution in [3.05, 3.63) is 0 Å². The number of rotatable bonds is 17. The Kier molecular flexibility index (Phi) is 14.9. The molecule has 0 aromatic carbocycles. The Balaban J connectivity index is 3.58. The lowest BCUT2D eigenvalue weighted by molar-refractivity contribution is -0.900. The number of unbranched alkanes of at least 4 members (excludes halogenated alkanes) is 11. The summed E-state index contributed by atoms with van der Waals surface area (Å²) in [6, 6.07) is -0.340. The monoisotopic (exact) mass is 360 g/mol. The number of aliphatic hydroxyl groups excluding tert-OH is 3. The highest BCUT2D eigenvalue weighted by Gasteiger charge is 2.35. The number of nitrogens with zero attached hydrogens (tertiary/aromatic N) is 1. The van der Waals surface area contributed by atoms with Crippen molar-refractivity contribution in [3.8, 4) is 0 Å². The second-order valence-corrected chi connectivity index (χ2v) is 8.60. The van der Waals surface area contributed by atoms with Crippen LogP contribution in [0.4, 0.5) is 0 Å². The highest BCUT2D eigenvalue weighted by Crippen LogP contribution is 2.17. The second-order valence-electron chi connectivity index (χ2n) is 8.60. The van der Waals surface area contributed by atoms with Crippen molar-refractivity contribution in [2.24, 2.45) is 0 Å². The molecule has 0 bridgehead atoms. The van der Waals surface area contributed by atoms with Gasteiger partial charge in [-0.15, -0.1) is 0 Å². The molecule has 0 aliphatic rings. The van der Waals surface area contributed by atoms with Gasteiger partial charge in [-0.2, -0.15) is 0 Å². The van der Waals surface area contributed by atoms with E-state index in [1.54, 1.807) is 0 Å². The Bertz CT molecular complexity index is 291. The van der Waals surface area contributed by atoms with Crippen LogP contribution >= 0.6 is 0 Å². The summed E-state index contributed by atoms with van der Waals surface area (Å²) in [6.45, 7) is 2.15. The molecule has 0 amide bonds. The lowest BCUT2D eigenvalue weighted by Gasteiger charge is -2.37. The molecule has 0 saturated heterocycles. The molecule has 0 radical (unpaired) electrons. The fourth-order valence-electron chi connectivity index (χ4n) is 3.43. The van der Waals surface area contributed by atoms with Gasteiger partial charge >= 0.3 is 0 Å². The molecule has 152 valence electrons. The average molecular weight is 361 g/mol. The van der Waals surface area contributed by atoms with Crippen LogP contribution in [0.2, 0.25) is 0 Å². The Morgan fingerprint density at radius 2 is 1.08 bits per heavy atom. The number of likely N-dealkylation sites (N-methyl/N-ethyl adjacent to an activating group) is 1. The SMILES string of the molecule is CCCCCCCCCCCCCC[C@@H](O)[C@@H](O)[C@H](CO)[N+](C)(C)C. The average Bonchev–Trinajstić information content (AvgIpc) is 2.54. The summed E-state index contributed by atoms with van der Waals surface area (Å²) in [5.41, 5.74) is 0. The highest BCUT2D eigenvalue weighted by atomic mass is 16.3. The molecule has 4 nitrogen and oxygen atoms in total. The Hall–Kier alpha value is -0.160. The van der Waals surface area contributed by atoms with Crippen LogP contribution in [0.15, 0.2) is 0 Å². The van der Waals surface area contributed by atoms with Gasteiger partial charge in [-0.25, -0.2) is 0 Å². The van der Waals surface area contributed by atoms with Crippen LogP contribution in [-0.4, -0.2) is 65.8 Å². The maximum Gasteiger partial charge on any atom is 0.141 e. The van der Waals surface area contributed by atoms with E-state index >= 15 is 0 Å². The van der Waals surface area contributed by atoms with E-state index in [1.807, 2.05) is 21.1 Å². The second kappa shape index (κ2) is 15.0. The van der Waals surface area contributed by atoms with Gasteiger partial charge in [-0.1, -0.05) is 84.0 Å². The first-order valence-electron chi connectivity index (χ1n) is 10.6. The van der Waals surface area contributed by atoms with Crippen molar-refractivity contribution in [1.82, 2.24) is 0 Å². The zero-order valence-electron chi connectivity index (χ0n) is 17.4. The topological polar surface area (TPSA) is 60.7 Å². The molecule has 4 heteroatoms. The van der Waals surface area contributed by atoms with Crippen molar-refractivity contribution >= 4 is 0 Å². The first-order chi connectivity index (χ1) is 11.8. The molecule has 0 aliphatic carbocycles. The molecule has 0 saturated carbocycles. The van der Waals surface area contributed by atoms with Crippen LogP contribution in [0.25, 0.3) is 0 Å². The molecular formula is C21H46NO3+. The van der Waals surface area contributed by atoms with Gasteiger partial charge in [-0.3, -0.25) is 0 Å². The summed E-state index contributed by atoms with van der Waals surface area (Å²) in [4.78, 5) is 0. The third-order valence-electron chi connectivity index (χ3n) is 5.32. The lowest BCUT2D eigenvalue weighted by atomic mass is 9.98. The van der Waals surface area contributed by atoms with E-state index in [0.717, 1.165) is 12.8 Å². The van der Waals surface area contributed by atoms with Crippen LogP contribution in [0.3, 0.4) is 0 Å². The molecule has 0 aliphatic heterocycles. The predicted molar refractivity (Wildman–Crippen MR) is 107 cm³/mol. The Morgan fingerprint density at radius 1 is 0.680 bits per heavy atom. The van der Waals surface area contributed by atoms with Gasteiger partial charge in [0.2, 0.25) is 0 Å². The third kappa shape index (κ3) is 12.8. The van der Waals surface area contributed by atoms with Crippen LogP contribution in [-0.2, 0) is 0 Å². The molecule has 3 atom stereocenters. The molecule has 0 aromatic rings. The molecular weight excluding hydrogens is 314 g/mol. The van der Waals surface area contributed by atoms with Gasteiger partial charge in [0, 0.05) is 0 Å². The summed E-state index contributed by atoms with van der Waals surface area (Å²) < 4.78 is 0.452. The summed E-state index contributed by atoms with van der Waals surface area (Å²) in [5.74, 6) is 0. The van der Waals surface area contributed by atoms with Crippen molar-refractivity contribution in [3.63, 3.8) is 0 Å². The standard InChI is InChI=1S/C21H46NO3/c1-5-6-7-8-9-10-11-12-13-14-15-16-17-20(24)21(25)19(18-23)22(2,3)4/h19-21,23-25H,5-18H2,1-4H3/q+1/t19-,20+,21-/m0/s1. The van der Waals surface area contributed by atoms with E-state index in [1.165, 1.54) is 64.2 Å². The number of hydrogen-bond acceptors (Lipinski definition) is 3. The minimum atomic E-state index is -0.863. The minimum Gasteiger partial charge on any atom is -0.390 e. The van der Waals surface area contributed by atoms with E-state index in [0.29, 0.717) is 10.9 Å². The van der Waals surface area contributed by atoms with E-state index in [4.69, 9.17) is 0 Å². The molecule has 25 heavy (non-hydrogen) atoms. The third-order valence-corrected chi connectivity index (χ3v) is 5.32. The highest BCUT2D eigenvalue weighted by molar-refractivity contribution is 4.76. The number of hydrogen-bond donors (Lipinski definition) is 3. The number of quaternary nitrogens is 1. The van der Waals surface area contributed by atoms with Gasteiger partial charge in [0.25, 0.3) is 0 Å². The normalized spacial score (nSPS) is 16.0. The van der Waals surface area contributed by atoms with Crippen LogP contribution in [0.1, 0.15) is 90.4 Å². The minimum absolute atomic E-state index is 0.111. The Morgan fingerprint density at radius 3 is 1.44 bits per heavy atom. The Labute approximate surface area is 156 Å². The molecule has 0 aromatic heterocycles. The van der Waals surface area contributed by atoms with Gasteiger partial charge in [0.05, 0.1) is 33.9 Å². The summed E-state index contributed by atoms with van der Waals surface area (Å²) >= 11 is 0. The molecule has 0 fully saturated rings. The first kappa shape index (κ1) is 24.8. The fourth-order valence-corrected chi connectivity index (χ4v) is 3.43. The van der Waals surface area contributed by atoms with E-state index in [2.05, 4.69) is 6.92 Å². The van der Waals surface area contributed by atoms with Crippen molar-refractivity contribution in [1.29, 1.82) is 0 Å². The van der Waals surface area contributed by atoms with E-state index in [9.17, 15) is 15.3 Å². The van der Waals surface area contributed by atoms with E-state index < -0.39 is 12.2 Å². The molecule has 0 unspecified atom stereocenters. The number of aliphatic hydroxyl groups is 3. The van der Waals surface area contributed by atoms with Gasteiger partial charge in [-0.05, 0) is 6.42 Å². The molecule has 0 heterocycles. The van der Waals surface area contributed by atoms with Crippen molar-refractivity contribution in [2.75, 3.05) is 27.7 Å². The predicted octanol–water partition coefficient (Wildman–Crippen LogP) is 3.87. The zero-order valence-corrected chi connectivity index (χ0v) is 17.4. The van der Waals surface area contributed by atoms with Gasteiger partial charge in [0.1, 0.15) is 12.1 Å². The maximum absolute atomic E-state index is 10.3. The van der Waals surface area contributed by atoms with Crippen LogP contribution in [0.5, 0.6) is 0 Å². The lowest BCUT2D eigenvalue weighted by Crippen LogP contribution is -2.57. The summed E-state index contributed by atoms with van der Waals surface area (Å²) in [6.07, 6.45) is 14.5. The maximum atomic E-state index is 10.3. The fraction of sp³-hybridized carbons (Fsp3) is 1.00. The van der Waals surface area contributed by atoms with Crippen LogP contribution in [0, 0.1) is 0 Å². The van der Waals surface area contributed by atoms with Crippen molar-refractivity contribution in [2.45, 2.75) is 109 Å². The van der Waals surface area contributed by atoms with Gasteiger partial charge < -0.3 is 19.8 Å². The largest absolute Gasteiger partial charge is 0.390 e. The van der Waals surface area contributed by atoms with Gasteiger partial charge in [0.15, 0.2) is 0 Å². The zero-order chi connectivity index (χ0) is 19.1. The molecule has 0 rings (SSSR count). The molecule has 0 spiro atoms. The quantitative estimate of drug-likeness (QED) is 0.273. The first-order valence-corrected chi connectivity index (χ1v) is 10.6. The van der Waals surface area contributed by atoms with Crippen LogP contribution < -0.4 is 0 Å².